The molecule has 1 aliphatic heterocycles. The van der Waals surface area contributed by atoms with Crippen molar-refractivity contribution >= 4 is 34.4 Å². The number of anilines is 1. The molecule has 3 aromatic rings. The van der Waals surface area contributed by atoms with Gasteiger partial charge in [0.05, 0.1) is 6.04 Å². The maximum absolute atomic E-state index is 13.8. The van der Waals surface area contributed by atoms with Gasteiger partial charge >= 0.3 is 6.09 Å². The molecule has 41 heavy (non-hydrogen) atoms. The molecule has 0 spiro atoms. The van der Waals surface area contributed by atoms with Crippen molar-refractivity contribution in [3.8, 4) is 0 Å². The summed E-state index contributed by atoms with van der Waals surface area (Å²) in [5, 5.41) is 5.39. The number of rotatable bonds is 7. The van der Waals surface area contributed by atoms with Gasteiger partial charge in [0.15, 0.2) is 0 Å². The Morgan fingerprint density at radius 1 is 0.976 bits per heavy atom. The van der Waals surface area contributed by atoms with Crippen LogP contribution in [0.5, 0.6) is 0 Å². The average molecular weight is 560 g/mol. The van der Waals surface area contributed by atoms with E-state index in [1.807, 2.05) is 70.2 Å². The van der Waals surface area contributed by atoms with Gasteiger partial charge in [0.25, 0.3) is 5.91 Å². The van der Waals surface area contributed by atoms with Crippen LogP contribution in [-0.4, -0.2) is 54.6 Å². The minimum Gasteiger partial charge on any atom is -0.444 e. The van der Waals surface area contributed by atoms with Crippen LogP contribution in [-0.2, 0) is 16.0 Å². The van der Waals surface area contributed by atoms with Crippen molar-refractivity contribution in [2.75, 3.05) is 31.1 Å². The molecule has 1 atom stereocenters. The first-order valence-corrected chi connectivity index (χ1v) is 14.2. The molecule has 0 aromatic heterocycles. The van der Waals surface area contributed by atoms with E-state index in [-0.39, 0.29) is 30.4 Å². The van der Waals surface area contributed by atoms with Crippen molar-refractivity contribution in [1.82, 2.24) is 15.6 Å². The van der Waals surface area contributed by atoms with Crippen molar-refractivity contribution in [3.63, 3.8) is 0 Å². The maximum Gasteiger partial charge on any atom is 0.410 e. The van der Waals surface area contributed by atoms with E-state index in [1.165, 1.54) is 0 Å². The fourth-order valence-electron chi connectivity index (χ4n) is 5.18. The van der Waals surface area contributed by atoms with Gasteiger partial charge in [-0.3, -0.25) is 15.0 Å². The van der Waals surface area contributed by atoms with Gasteiger partial charge in [-0.1, -0.05) is 48.5 Å². The highest BCUT2D eigenvalue weighted by Crippen LogP contribution is 2.27. The van der Waals surface area contributed by atoms with Gasteiger partial charge < -0.3 is 19.9 Å². The molecule has 1 fully saturated rings. The van der Waals surface area contributed by atoms with E-state index in [4.69, 9.17) is 10.6 Å². The summed E-state index contributed by atoms with van der Waals surface area (Å²) in [7, 11) is 0. The highest BCUT2D eigenvalue weighted by Gasteiger charge is 2.25. The molecule has 3 aromatic carbocycles. The SMILES string of the molecule is C[C@@H](NC(=O)c1cc(N2CCCN(C(=O)OC(C)(C)C)CC2)ccc1CCC(=O)NN)c1cccc2ccccc12. The third-order valence-corrected chi connectivity index (χ3v) is 7.27. The van der Waals surface area contributed by atoms with E-state index in [2.05, 4.69) is 33.8 Å². The van der Waals surface area contributed by atoms with Gasteiger partial charge in [0, 0.05) is 43.9 Å². The van der Waals surface area contributed by atoms with Crippen LogP contribution in [0.15, 0.2) is 60.7 Å². The third kappa shape index (κ3) is 7.76. The lowest BCUT2D eigenvalue weighted by Gasteiger charge is -2.27. The van der Waals surface area contributed by atoms with Gasteiger partial charge in [0.2, 0.25) is 5.91 Å². The number of ether oxygens (including phenoxy) is 1. The standard InChI is InChI=1S/C32H41N5O4/c1-22(26-12-7-10-23-9-5-6-11-27(23)26)34-30(39)28-21-25(15-13-24(28)14-16-29(38)35-33)36-17-8-18-37(20-19-36)31(40)41-32(2,3)4/h5-7,9-13,15,21-22H,8,14,16-20,33H2,1-4H3,(H,34,39)(H,35,38)/t22-/m1/s1. The number of amides is 3. The van der Waals surface area contributed by atoms with Crippen LogP contribution in [0.1, 0.15) is 68.1 Å². The number of hydrogen-bond donors (Lipinski definition) is 3. The Kier molecular flexibility index (Phi) is 9.50. The normalized spacial score (nSPS) is 14.8. The van der Waals surface area contributed by atoms with Crippen LogP contribution in [0, 0.1) is 0 Å². The predicted molar refractivity (Wildman–Crippen MR) is 162 cm³/mol. The molecular formula is C32H41N5O4. The Labute approximate surface area is 242 Å². The summed E-state index contributed by atoms with van der Waals surface area (Å²) in [6.07, 6.45) is 1.01. The zero-order chi connectivity index (χ0) is 29.6. The Hall–Kier alpha value is -4.11. The number of benzene rings is 3. The lowest BCUT2D eigenvalue weighted by Crippen LogP contribution is -2.39. The van der Waals surface area contributed by atoms with Crippen LogP contribution in [0.4, 0.5) is 10.5 Å². The fourth-order valence-corrected chi connectivity index (χ4v) is 5.18. The zero-order valence-electron chi connectivity index (χ0n) is 24.4. The van der Waals surface area contributed by atoms with Crippen LogP contribution in [0.2, 0.25) is 0 Å². The molecule has 0 aliphatic carbocycles. The monoisotopic (exact) mass is 559 g/mol. The molecule has 0 unspecified atom stereocenters. The molecule has 3 amide bonds. The lowest BCUT2D eigenvalue weighted by molar-refractivity contribution is -0.121. The number of nitrogens with one attached hydrogen (secondary N) is 2. The van der Waals surface area contributed by atoms with E-state index in [9.17, 15) is 14.4 Å². The number of carbonyl (C=O) groups excluding carboxylic acids is 3. The summed E-state index contributed by atoms with van der Waals surface area (Å²) in [6, 6.07) is 19.7. The van der Waals surface area contributed by atoms with E-state index in [0.717, 1.165) is 40.6 Å². The number of carbonyl (C=O) groups is 3. The number of aryl methyl sites for hydroxylation is 1. The van der Waals surface area contributed by atoms with Crippen molar-refractivity contribution in [3.05, 3.63) is 77.4 Å². The first kappa shape index (κ1) is 29.9. The zero-order valence-corrected chi connectivity index (χ0v) is 24.4. The molecule has 1 saturated heterocycles. The quantitative estimate of drug-likeness (QED) is 0.220. The molecule has 0 radical (unpaired) electrons. The molecule has 1 aliphatic rings. The number of fused-ring (bicyclic) bond motifs is 1. The molecule has 4 N–H and O–H groups in total. The number of hydrazine groups is 1. The van der Waals surface area contributed by atoms with Crippen LogP contribution >= 0.6 is 0 Å². The van der Waals surface area contributed by atoms with Crippen LogP contribution in [0.25, 0.3) is 10.8 Å². The fraction of sp³-hybridized carbons (Fsp3) is 0.406. The first-order valence-electron chi connectivity index (χ1n) is 14.2. The Balaban J connectivity index is 1.56. The number of hydrogen-bond acceptors (Lipinski definition) is 6. The van der Waals surface area contributed by atoms with Gasteiger partial charge in [0.1, 0.15) is 5.60 Å². The molecule has 9 nitrogen and oxygen atoms in total. The Morgan fingerprint density at radius 2 is 1.73 bits per heavy atom. The van der Waals surface area contributed by atoms with Crippen LogP contribution < -0.4 is 21.5 Å². The molecule has 0 saturated carbocycles. The highest BCUT2D eigenvalue weighted by molar-refractivity contribution is 5.97. The summed E-state index contributed by atoms with van der Waals surface area (Å²) in [4.78, 5) is 42.2. The molecule has 4 rings (SSSR count). The van der Waals surface area contributed by atoms with Gasteiger partial charge in [-0.15, -0.1) is 0 Å². The lowest BCUT2D eigenvalue weighted by atomic mass is 9.98. The summed E-state index contributed by atoms with van der Waals surface area (Å²) >= 11 is 0. The smallest absolute Gasteiger partial charge is 0.410 e. The van der Waals surface area contributed by atoms with Gasteiger partial charge in [-0.2, -0.15) is 0 Å². The molecule has 9 heteroatoms. The van der Waals surface area contributed by atoms with Crippen molar-refractivity contribution in [2.24, 2.45) is 5.84 Å². The number of nitrogens with two attached hydrogens (primary N) is 1. The van der Waals surface area contributed by atoms with Crippen molar-refractivity contribution in [2.45, 2.75) is 58.6 Å². The maximum atomic E-state index is 13.8. The highest BCUT2D eigenvalue weighted by atomic mass is 16.6. The second-order valence-corrected chi connectivity index (χ2v) is 11.5. The van der Waals surface area contributed by atoms with E-state index >= 15 is 0 Å². The third-order valence-electron chi connectivity index (χ3n) is 7.27. The minimum atomic E-state index is -0.550. The molecular weight excluding hydrogens is 518 g/mol. The first-order chi connectivity index (χ1) is 19.6. The Morgan fingerprint density at radius 3 is 2.49 bits per heavy atom. The van der Waals surface area contributed by atoms with E-state index < -0.39 is 5.60 Å². The topological polar surface area (TPSA) is 117 Å². The summed E-state index contributed by atoms with van der Waals surface area (Å²) in [5.74, 6) is 4.79. The second-order valence-electron chi connectivity index (χ2n) is 11.5. The van der Waals surface area contributed by atoms with Crippen LogP contribution in [0.3, 0.4) is 0 Å². The second kappa shape index (κ2) is 13.0. The summed E-state index contributed by atoms with van der Waals surface area (Å²) in [5.41, 5.74) is 4.83. The summed E-state index contributed by atoms with van der Waals surface area (Å²) < 4.78 is 5.57. The predicted octanol–water partition coefficient (Wildman–Crippen LogP) is 4.70. The van der Waals surface area contributed by atoms with E-state index in [0.29, 0.717) is 31.6 Å². The molecule has 1 heterocycles. The molecule has 0 bridgehead atoms. The van der Waals surface area contributed by atoms with Crippen molar-refractivity contribution in [1.29, 1.82) is 0 Å². The number of nitrogens with zero attached hydrogens (tertiary/aromatic N) is 2. The van der Waals surface area contributed by atoms with Crippen molar-refractivity contribution < 1.29 is 19.1 Å². The largest absolute Gasteiger partial charge is 0.444 e. The Bertz CT molecular complexity index is 1400. The van der Waals surface area contributed by atoms with Gasteiger partial charge in [-0.25, -0.2) is 10.6 Å². The minimum absolute atomic E-state index is 0.170. The average Bonchev–Trinajstić information content (AvgIpc) is 3.21. The summed E-state index contributed by atoms with van der Waals surface area (Å²) in [6.45, 7) is 10.0. The van der Waals surface area contributed by atoms with Gasteiger partial charge in [-0.05, 0) is 74.6 Å². The van der Waals surface area contributed by atoms with E-state index in [1.54, 1.807) is 4.90 Å². The molecule has 218 valence electrons.